The molecule has 1 aliphatic carbocycles. The van der Waals surface area contributed by atoms with Gasteiger partial charge < -0.3 is 5.73 Å². The van der Waals surface area contributed by atoms with E-state index in [1.165, 1.54) is 49.1 Å². The van der Waals surface area contributed by atoms with Gasteiger partial charge in [-0.25, -0.2) is 4.98 Å². The first-order valence-electron chi connectivity index (χ1n) is 5.10. The minimum absolute atomic E-state index is 0.755. The highest BCUT2D eigenvalue weighted by molar-refractivity contribution is 7.15. The number of hydrogen-bond donors (Lipinski definition) is 1. The Hall–Kier alpha value is -0.570. The molecule has 0 unspecified atom stereocenters. The molecule has 0 fully saturated rings. The zero-order valence-corrected chi connectivity index (χ0v) is 8.70. The first kappa shape index (κ1) is 9.00. The topological polar surface area (TPSA) is 38.9 Å². The first-order valence-corrected chi connectivity index (χ1v) is 5.92. The summed E-state index contributed by atoms with van der Waals surface area (Å²) < 4.78 is 0. The molecule has 1 heterocycles. The van der Waals surface area contributed by atoms with Gasteiger partial charge in [0.25, 0.3) is 0 Å². The van der Waals surface area contributed by atoms with Crippen LogP contribution in [0.5, 0.6) is 0 Å². The molecule has 2 nitrogen and oxygen atoms in total. The molecule has 1 aromatic heterocycles. The van der Waals surface area contributed by atoms with Crippen molar-refractivity contribution < 1.29 is 0 Å². The van der Waals surface area contributed by atoms with Crippen molar-refractivity contribution in [2.75, 3.05) is 5.73 Å². The molecule has 1 aliphatic rings. The highest BCUT2D eigenvalue weighted by Gasteiger charge is 2.10. The van der Waals surface area contributed by atoms with Crippen LogP contribution in [0.15, 0.2) is 0 Å². The molecule has 0 aliphatic heterocycles. The molecular weight excluding hydrogens is 180 g/mol. The Balaban J connectivity index is 2.16. The zero-order chi connectivity index (χ0) is 9.10. The van der Waals surface area contributed by atoms with Crippen LogP contribution < -0.4 is 5.73 Å². The van der Waals surface area contributed by atoms with Crippen LogP contribution in [0.25, 0.3) is 0 Å². The number of hydrogen-bond acceptors (Lipinski definition) is 3. The lowest BCUT2D eigenvalue weighted by atomic mass is 10.1. The number of aryl methyl sites for hydroxylation is 2. The van der Waals surface area contributed by atoms with Crippen LogP contribution in [0.1, 0.15) is 42.7 Å². The van der Waals surface area contributed by atoms with Crippen LogP contribution in [-0.4, -0.2) is 4.98 Å². The number of anilines is 1. The first-order chi connectivity index (χ1) is 6.36. The highest BCUT2D eigenvalue weighted by Crippen LogP contribution is 2.26. The van der Waals surface area contributed by atoms with Crippen molar-refractivity contribution in [1.29, 1.82) is 0 Å². The SMILES string of the molecule is Nc1nc2c(s1)CCCCCCC2. The summed E-state index contributed by atoms with van der Waals surface area (Å²) in [5.41, 5.74) is 6.99. The van der Waals surface area contributed by atoms with E-state index in [1.54, 1.807) is 11.3 Å². The summed E-state index contributed by atoms with van der Waals surface area (Å²) in [6.45, 7) is 0. The van der Waals surface area contributed by atoms with E-state index in [0.29, 0.717) is 0 Å². The summed E-state index contributed by atoms with van der Waals surface area (Å²) in [6.07, 6.45) is 9.07. The predicted octanol–water partition coefficient (Wildman–Crippen LogP) is 2.77. The lowest BCUT2D eigenvalue weighted by Crippen LogP contribution is -1.90. The minimum Gasteiger partial charge on any atom is -0.375 e. The standard InChI is InChI=1S/C10H16N2S/c11-10-12-8-6-4-2-1-3-5-7-9(8)13-10/h1-7H2,(H2,11,12). The fourth-order valence-corrected chi connectivity index (χ4v) is 2.82. The van der Waals surface area contributed by atoms with Crippen molar-refractivity contribution in [2.24, 2.45) is 0 Å². The van der Waals surface area contributed by atoms with Gasteiger partial charge in [0.15, 0.2) is 5.13 Å². The van der Waals surface area contributed by atoms with Gasteiger partial charge >= 0.3 is 0 Å². The molecule has 0 atom stereocenters. The van der Waals surface area contributed by atoms with Gasteiger partial charge in [-0.15, -0.1) is 11.3 Å². The van der Waals surface area contributed by atoms with Gasteiger partial charge in [-0.2, -0.15) is 0 Å². The number of nitrogen functional groups attached to an aromatic ring is 1. The zero-order valence-electron chi connectivity index (χ0n) is 7.88. The second kappa shape index (κ2) is 4.09. The Morgan fingerprint density at radius 1 is 1.00 bits per heavy atom. The minimum atomic E-state index is 0.755. The second-order valence-electron chi connectivity index (χ2n) is 3.69. The summed E-state index contributed by atoms with van der Waals surface area (Å²) in [7, 11) is 0. The fourth-order valence-electron chi connectivity index (χ4n) is 1.90. The summed E-state index contributed by atoms with van der Waals surface area (Å²) >= 11 is 1.69. The van der Waals surface area contributed by atoms with Crippen molar-refractivity contribution in [3.05, 3.63) is 10.6 Å². The van der Waals surface area contributed by atoms with Gasteiger partial charge in [0, 0.05) is 4.88 Å². The Bertz CT molecular complexity index is 255. The molecule has 0 bridgehead atoms. The number of thiazole rings is 1. The van der Waals surface area contributed by atoms with Crippen molar-refractivity contribution in [2.45, 2.75) is 44.9 Å². The molecule has 72 valence electrons. The van der Waals surface area contributed by atoms with E-state index in [9.17, 15) is 0 Å². The normalized spacial score (nSPS) is 18.5. The van der Waals surface area contributed by atoms with E-state index in [-0.39, 0.29) is 0 Å². The molecule has 3 heteroatoms. The van der Waals surface area contributed by atoms with E-state index in [2.05, 4.69) is 4.98 Å². The third-order valence-corrected chi connectivity index (χ3v) is 3.60. The maximum atomic E-state index is 5.71. The summed E-state index contributed by atoms with van der Waals surface area (Å²) in [5, 5.41) is 0.755. The van der Waals surface area contributed by atoms with Gasteiger partial charge in [0.2, 0.25) is 0 Å². The van der Waals surface area contributed by atoms with E-state index < -0.39 is 0 Å². The van der Waals surface area contributed by atoms with Gasteiger partial charge in [0.05, 0.1) is 5.69 Å². The van der Waals surface area contributed by atoms with Crippen LogP contribution >= 0.6 is 11.3 Å². The lowest BCUT2D eigenvalue weighted by Gasteiger charge is -1.96. The number of fused-ring (bicyclic) bond motifs is 1. The van der Waals surface area contributed by atoms with Crippen molar-refractivity contribution in [3.63, 3.8) is 0 Å². The smallest absolute Gasteiger partial charge is 0.180 e. The van der Waals surface area contributed by atoms with E-state index in [1.807, 2.05) is 0 Å². The van der Waals surface area contributed by atoms with E-state index in [4.69, 9.17) is 5.73 Å². The Morgan fingerprint density at radius 2 is 1.69 bits per heavy atom. The molecule has 0 amide bonds. The van der Waals surface area contributed by atoms with Crippen molar-refractivity contribution >= 4 is 16.5 Å². The lowest BCUT2D eigenvalue weighted by molar-refractivity contribution is 0.628. The molecule has 0 radical (unpaired) electrons. The molecular formula is C10H16N2S. The van der Waals surface area contributed by atoms with Crippen LogP contribution in [0.2, 0.25) is 0 Å². The summed E-state index contributed by atoms with van der Waals surface area (Å²) in [6, 6.07) is 0. The summed E-state index contributed by atoms with van der Waals surface area (Å²) in [5.74, 6) is 0. The number of nitrogens with two attached hydrogens (primary N) is 1. The number of rotatable bonds is 0. The highest BCUT2D eigenvalue weighted by atomic mass is 32.1. The van der Waals surface area contributed by atoms with Gasteiger partial charge in [-0.3, -0.25) is 0 Å². The fraction of sp³-hybridized carbons (Fsp3) is 0.700. The van der Waals surface area contributed by atoms with Gasteiger partial charge in [-0.05, 0) is 25.7 Å². The van der Waals surface area contributed by atoms with Gasteiger partial charge in [0.1, 0.15) is 0 Å². The third-order valence-electron chi connectivity index (χ3n) is 2.61. The number of nitrogens with zero attached hydrogens (tertiary/aromatic N) is 1. The van der Waals surface area contributed by atoms with Crippen LogP contribution in [0, 0.1) is 0 Å². The molecule has 0 saturated heterocycles. The molecule has 13 heavy (non-hydrogen) atoms. The molecule has 0 aromatic carbocycles. The third kappa shape index (κ3) is 2.21. The molecule has 0 saturated carbocycles. The molecule has 1 aromatic rings. The Kier molecular flexibility index (Phi) is 2.83. The number of aromatic nitrogens is 1. The maximum Gasteiger partial charge on any atom is 0.180 e. The van der Waals surface area contributed by atoms with Crippen molar-refractivity contribution in [1.82, 2.24) is 4.98 Å². The van der Waals surface area contributed by atoms with Crippen LogP contribution in [-0.2, 0) is 12.8 Å². The van der Waals surface area contributed by atoms with E-state index in [0.717, 1.165) is 11.6 Å². The van der Waals surface area contributed by atoms with E-state index >= 15 is 0 Å². The average Bonchev–Trinajstić information content (AvgIpc) is 2.46. The van der Waals surface area contributed by atoms with Crippen LogP contribution in [0.3, 0.4) is 0 Å². The Labute approximate surface area is 83.2 Å². The molecule has 2 rings (SSSR count). The van der Waals surface area contributed by atoms with Crippen molar-refractivity contribution in [3.8, 4) is 0 Å². The van der Waals surface area contributed by atoms with Gasteiger partial charge in [-0.1, -0.05) is 19.3 Å². The Morgan fingerprint density at radius 3 is 2.54 bits per heavy atom. The average molecular weight is 196 g/mol. The molecule has 0 spiro atoms. The monoisotopic (exact) mass is 196 g/mol. The maximum absolute atomic E-state index is 5.71. The summed E-state index contributed by atoms with van der Waals surface area (Å²) in [4.78, 5) is 5.83. The quantitative estimate of drug-likeness (QED) is 0.693. The second-order valence-corrected chi connectivity index (χ2v) is 4.80. The predicted molar refractivity (Wildman–Crippen MR) is 57.0 cm³/mol. The van der Waals surface area contributed by atoms with Crippen LogP contribution in [0.4, 0.5) is 5.13 Å². The molecule has 2 N–H and O–H groups in total. The largest absolute Gasteiger partial charge is 0.375 e.